The van der Waals surface area contributed by atoms with Crippen molar-refractivity contribution >= 4 is 17.3 Å². The number of pyridine rings is 1. The Morgan fingerprint density at radius 3 is 2.60 bits per heavy atom. The maximum absolute atomic E-state index is 11.8. The van der Waals surface area contributed by atoms with Crippen LogP contribution in [0.2, 0.25) is 5.02 Å². The molecule has 15 heavy (non-hydrogen) atoms. The van der Waals surface area contributed by atoms with Gasteiger partial charge in [-0.05, 0) is 0 Å². The van der Waals surface area contributed by atoms with Gasteiger partial charge in [0.2, 0.25) is 5.88 Å². The molecule has 0 spiro atoms. The van der Waals surface area contributed by atoms with Crippen LogP contribution in [0.5, 0.6) is 5.88 Å². The van der Waals surface area contributed by atoms with Crippen molar-refractivity contribution in [1.82, 2.24) is 4.98 Å². The molecule has 4 nitrogen and oxygen atoms in total. The van der Waals surface area contributed by atoms with Crippen molar-refractivity contribution in [3.63, 3.8) is 0 Å². The zero-order valence-corrected chi connectivity index (χ0v) is 7.73. The summed E-state index contributed by atoms with van der Waals surface area (Å²) in [6.07, 6.45) is -4.06. The van der Waals surface area contributed by atoms with Crippen LogP contribution in [-0.4, -0.2) is 11.3 Å². The van der Waals surface area contributed by atoms with E-state index in [4.69, 9.17) is 22.6 Å². The van der Waals surface area contributed by atoms with Gasteiger partial charge in [0.05, 0.1) is 16.8 Å². The molecule has 1 aromatic rings. The Balaban J connectivity index is 3.14. The lowest BCUT2D eigenvalue weighted by Crippen LogP contribution is -2.19. The van der Waals surface area contributed by atoms with Crippen molar-refractivity contribution in [1.29, 1.82) is 5.26 Å². The minimum atomic E-state index is -4.90. The summed E-state index contributed by atoms with van der Waals surface area (Å²) in [5.41, 5.74) is 4.55. The number of rotatable bonds is 1. The fourth-order valence-electron chi connectivity index (χ4n) is 0.757. The maximum Gasteiger partial charge on any atom is 0.574 e. The molecule has 0 saturated heterocycles. The van der Waals surface area contributed by atoms with E-state index in [1.54, 1.807) is 6.07 Å². The minimum Gasteiger partial charge on any atom is -0.393 e. The van der Waals surface area contributed by atoms with Crippen LogP contribution in [0.15, 0.2) is 6.20 Å². The van der Waals surface area contributed by atoms with Crippen LogP contribution >= 0.6 is 11.6 Å². The van der Waals surface area contributed by atoms with Gasteiger partial charge in [-0.15, -0.1) is 13.2 Å². The predicted molar refractivity (Wildman–Crippen MR) is 45.1 cm³/mol. The van der Waals surface area contributed by atoms with Gasteiger partial charge in [-0.25, -0.2) is 4.98 Å². The van der Waals surface area contributed by atoms with E-state index in [1.165, 1.54) is 0 Å². The van der Waals surface area contributed by atoms with Gasteiger partial charge in [0.1, 0.15) is 11.8 Å². The second-order valence-electron chi connectivity index (χ2n) is 2.36. The number of aromatic nitrogens is 1. The summed E-state index contributed by atoms with van der Waals surface area (Å²) in [5, 5.41) is 8.16. The smallest absolute Gasteiger partial charge is 0.393 e. The van der Waals surface area contributed by atoms with Crippen LogP contribution in [0, 0.1) is 11.3 Å². The Labute approximate surface area is 87.0 Å². The Bertz CT molecular complexity index is 427. The summed E-state index contributed by atoms with van der Waals surface area (Å²) in [4.78, 5) is 3.22. The van der Waals surface area contributed by atoms with E-state index in [2.05, 4.69) is 9.72 Å². The van der Waals surface area contributed by atoms with Crippen molar-refractivity contribution in [3.8, 4) is 11.9 Å². The lowest BCUT2D eigenvalue weighted by Gasteiger charge is -2.10. The Morgan fingerprint density at radius 1 is 1.53 bits per heavy atom. The first-order valence-electron chi connectivity index (χ1n) is 3.45. The van der Waals surface area contributed by atoms with Crippen molar-refractivity contribution in [2.75, 3.05) is 5.73 Å². The molecule has 1 heterocycles. The van der Waals surface area contributed by atoms with Crippen LogP contribution in [0.25, 0.3) is 0 Å². The Morgan fingerprint density at radius 2 is 2.13 bits per heavy atom. The Hall–Kier alpha value is -1.68. The van der Waals surface area contributed by atoms with Gasteiger partial charge in [0, 0.05) is 0 Å². The van der Waals surface area contributed by atoms with Crippen molar-refractivity contribution < 1.29 is 17.9 Å². The van der Waals surface area contributed by atoms with Gasteiger partial charge in [-0.2, -0.15) is 5.26 Å². The molecule has 0 saturated carbocycles. The number of hydrogen-bond donors (Lipinski definition) is 1. The highest BCUT2D eigenvalue weighted by Crippen LogP contribution is 2.32. The number of alkyl halides is 3. The molecule has 80 valence electrons. The third-order valence-electron chi connectivity index (χ3n) is 1.35. The minimum absolute atomic E-state index is 0.122. The molecule has 0 aromatic carbocycles. The number of nitrogen functional groups attached to an aromatic ring is 1. The summed E-state index contributed by atoms with van der Waals surface area (Å²) in [6.45, 7) is 0. The molecule has 0 atom stereocenters. The van der Waals surface area contributed by atoms with Gasteiger partial charge in [-0.1, -0.05) is 11.6 Å². The number of anilines is 1. The average molecular weight is 238 g/mol. The molecule has 0 radical (unpaired) electrons. The second-order valence-corrected chi connectivity index (χ2v) is 2.74. The fraction of sp³-hybridized carbons (Fsp3) is 0.143. The number of nitrogens with zero attached hydrogens (tertiary/aromatic N) is 2. The van der Waals surface area contributed by atoms with Crippen LogP contribution < -0.4 is 10.5 Å². The molecule has 0 aliphatic heterocycles. The van der Waals surface area contributed by atoms with Gasteiger partial charge in [0.25, 0.3) is 0 Å². The summed E-state index contributed by atoms with van der Waals surface area (Å²) >= 11 is 5.49. The second kappa shape index (κ2) is 3.82. The van der Waals surface area contributed by atoms with Crippen LogP contribution in [-0.2, 0) is 0 Å². The first-order valence-corrected chi connectivity index (χ1v) is 3.82. The molecule has 0 amide bonds. The van der Waals surface area contributed by atoms with Crippen LogP contribution in [0.4, 0.5) is 18.9 Å². The SMILES string of the molecule is N#Cc1cnc(OC(F)(F)F)c(N)c1Cl. The van der Waals surface area contributed by atoms with E-state index in [9.17, 15) is 13.2 Å². The molecular weight excluding hydrogens is 235 g/mol. The number of nitriles is 1. The number of halogens is 4. The van der Waals surface area contributed by atoms with Gasteiger partial charge < -0.3 is 10.5 Å². The van der Waals surface area contributed by atoms with E-state index in [-0.39, 0.29) is 10.6 Å². The summed E-state index contributed by atoms with van der Waals surface area (Å²) in [6, 6.07) is 1.61. The van der Waals surface area contributed by atoms with Crippen LogP contribution in [0.3, 0.4) is 0 Å². The molecule has 0 fully saturated rings. The van der Waals surface area contributed by atoms with E-state index in [1.807, 2.05) is 0 Å². The normalized spacial score (nSPS) is 10.9. The summed E-state index contributed by atoms with van der Waals surface area (Å²) in [7, 11) is 0. The third kappa shape index (κ3) is 2.63. The quantitative estimate of drug-likeness (QED) is 0.812. The van der Waals surface area contributed by atoms with E-state index < -0.39 is 17.9 Å². The van der Waals surface area contributed by atoms with E-state index in [0.29, 0.717) is 0 Å². The Kier molecular flexibility index (Phi) is 2.90. The van der Waals surface area contributed by atoms with Crippen molar-refractivity contribution in [2.24, 2.45) is 0 Å². The summed E-state index contributed by atoms with van der Waals surface area (Å²) in [5.74, 6) is -0.869. The molecule has 0 aliphatic rings. The number of ether oxygens (including phenoxy) is 1. The van der Waals surface area contributed by atoms with Gasteiger partial charge in [-0.3, -0.25) is 0 Å². The molecular formula is C7H3ClF3N3O. The molecule has 0 bridgehead atoms. The molecule has 0 unspecified atom stereocenters. The van der Waals surface area contributed by atoms with Gasteiger partial charge in [0.15, 0.2) is 0 Å². The highest BCUT2D eigenvalue weighted by atomic mass is 35.5. The van der Waals surface area contributed by atoms with Crippen LogP contribution in [0.1, 0.15) is 5.56 Å². The van der Waals surface area contributed by atoms with Crippen molar-refractivity contribution in [3.05, 3.63) is 16.8 Å². The molecule has 8 heteroatoms. The maximum atomic E-state index is 11.8. The standard InChI is InChI=1S/C7H3ClF3N3O/c8-4-3(1-12)2-14-6(5(4)13)15-7(9,10)11/h2H,13H2. The first-order chi connectivity index (χ1) is 6.85. The monoisotopic (exact) mass is 237 g/mol. The van der Waals surface area contributed by atoms with Crippen molar-refractivity contribution in [2.45, 2.75) is 6.36 Å². The zero-order valence-electron chi connectivity index (χ0n) is 6.97. The average Bonchev–Trinajstić information content (AvgIpc) is 2.11. The molecule has 2 N–H and O–H groups in total. The number of hydrogen-bond acceptors (Lipinski definition) is 4. The van der Waals surface area contributed by atoms with E-state index >= 15 is 0 Å². The fourth-order valence-corrected chi connectivity index (χ4v) is 0.929. The summed E-state index contributed by atoms with van der Waals surface area (Å²) < 4.78 is 38.9. The first kappa shape index (κ1) is 11.4. The zero-order chi connectivity index (χ0) is 11.6. The lowest BCUT2D eigenvalue weighted by molar-refractivity contribution is -0.275. The molecule has 1 aromatic heterocycles. The predicted octanol–water partition coefficient (Wildman–Crippen LogP) is 2.09. The largest absolute Gasteiger partial charge is 0.574 e. The topological polar surface area (TPSA) is 71.9 Å². The third-order valence-corrected chi connectivity index (χ3v) is 1.75. The highest BCUT2D eigenvalue weighted by molar-refractivity contribution is 6.34. The number of nitrogens with two attached hydrogens (primary N) is 1. The molecule has 0 aliphatic carbocycles. The van der Waals surface area contributed by atoms with E-state index in [0.717, 1.165) is 6.20 Å². The van der Waals surface area contributed by atoms with Gasteiger partial charge >= 0.3 is 6.36 Å². The molecule has 1 rings (SSSR count). The lowest BCUT2D eigenvalue weighted by atomic mass is 10.3. The highest BCUT2D eigenvalue weighted by Gasteiger charge is 2.33.